The second-order valence-corrected chi connectivity index (χ2v) is 6.68. The molecule has 0 spiro atoms. The third-order valence-corrected chi connectivity index (χ3v) is 4.48. The van der Waals surface area contributed by atoms with Gasteiger partial charge in [0.05, 0.1) is 17.6 Å². The molecule has 1 unspecified atom stereocenters. The lowest BCUT2D eigenvalue weighted by Crippen LogP contribution is -2.47. The van der Waals surface area contributed by atoms with E-state index in [1.165, 1.54) is 5.56 Å². The van der Waals surface area contributed by atoms with Crippen molar-refractivity contribution in [3.8, 4) is 5.75 Å². The number of nitrogens with zero attached hydrogens (tertiary/aromatic N) is 2. The maximum Gasteiger partial charge on any atom is 0.311 e. The van der Waals surface area contributed by atoms with E-state index >= 15 is 0 Å². The molecule has 1 N–H and O–H groups in total. The molecule has 3 rings (SSSR count). The van der Waals surface area contributed by atoms with E-state index in [4.69, 9.17) is 9.47 Å². The van der Waals surface area contributed by atoms with Gasteiger partial charge in [-0.1, -0.05) is 30.3 Å². The molecule has 29 heavy (non-hydrogen) atoms. The summed E-state index contributed by atoms with van der Waals surface area (Å²) in [5, 5.41) is 13.6. The van der Waals surface area contributed by atoms with Crippen LogP contribution in [0.1, 0.15) is 5.56 Å². The Balaban J connectivity index is 1.45. The highest BCUT2D eigenvalue weighted by Crippen LogP contribution is 2.27. The molecule has 2 aromatic rings. The quantitative estimate of drug-likeness (QED) is 0.536. The number of amides is 1. The first-order chi connectivity index (χ1) is 14.0. The largest absolute Gasteiger partial charge is 0.477 e. The van der Waals surface area contributed by atoms with Crippen LogP contribution in [-0.4, -0.2) is 54.7 Å². The van der Waals surface area contributed by atoms with E-state index in [0.29, 0.717) is 19.7 Å². The van der Waals surface area contributed by atoms with E-state index in [-0.39, 0.29) is 11.9 Å². The fourth-order valence-corrected chi connectivity index (χ4v) is 3.07. The predicted octanol–water partition coefficient (Wildman–Crippen LogP) is 2.13. The summed E-state index contributed by atoms with van der Waals surface area (Å²) in [6.45, 7) is 2.70. The van der Waals surface area contributed by atoms with Crippen LogP contribution < -0.4 is 10.1 Å². The molecule has 1 aliphatic heterocycles. The van der Waals surface area contributed by atoms with Gasteiger partial charge in [-0.3, -0.25) is 19.8 Å². The van der Waals surface area contributed by atoms with Gasteiger partial charge in [0.25, 0.3) is 5.91 Å². The maximum atomic E-state index is 13.3. The molecule has 0 aliphatic carbocycles. The van der Waals surface area contributed by atoms with Gasteiger partial charge in [0.2, 0.25) is 5.75 Å². The minimum absolute atomic E-state index is 0.167. The number of nitro groups is 1. The van der Waals surface area contributed by atoms with Crippen LogP contribution in [0.2, 0.25) is 0 Å². The van der Waals surface area contributed by atoms with Gasteiger partial charge in [-0.15, -0.1) is 0 Å². The zero-order valence-electron chi connectivity index (χ0n) is 15.8. The summed E-state index contributed by atoms with van der Waals surface area (Å²) in [5.41, 5.74) is 0.814. The third kappa shape index (κ3) is 6.23. The topological polar surface area (TPSA) is 93.9 Å². The number of nitrogens with one attached hydrogen (secondary N) is 1. The summed E-state index contributed by atoms with van der Waals surface area (Å²) in [7, 11) is 0. The Hall–Kier alpha value is -3.04. The Morgan fingerprint density at radius 1 is 1.31 bits per heavy atom. The smallest absolute Gasteiger partial charge is 0.311 e. The Morgan fingerprint density at radius 3 is 2.86 bits per heavy atom. The van der Waals surface area contributed by atoms with Crippen molar-refractivity contribution in [2.24, 2.45) is 0 Å². The number of ether oxygens (including phenoxy) is 2. The number of rotatable bonds is 8. The average Bonchev–Trinajstić information content (AvgIpc) is 2.71. The monoisotopic (exact) mass is 403 g/mol. The molecule has 8 nitrogen and oxygen atoms in total. The number of morpholine rings is 1. The van der Waals surface area contributed by atoms with E-state index in [1.807, 2.05) is 18.2 Å². The van der Waals surface area contributed by atoms with E-state index < -0.39 is 28.9 Å². The number of carbonyl (C=O) groups excluding carboxylic acids is 1. The van der Waals surface area contributed by atoms with Gasteiger partial charge in [0.15, 0.2) is 6.61 Å². The van der Waals surface area contributed by atoms with Gasteiger partial charge in [-0.05, 0) is 11.6 Å². The van der Waals surface area contributed by atoms with E-state index in [2.05, 4.69) is 22.3 Å². The first kappa shape index (κ1) is 20.7. The number of hydrogen-bond donors (Lipinski definition) is 1. The van der Waals surface area contributed by atoms with Crippen molar-refractivity contribution in [2.75, 3.05) is 32.8 Å². The molecule has 154 valence electrons. The van der Waals surface area contributed by atoms with Crippen molar-refractivity contribution < 1.29 is 23.6 Å². The van der Waals surface area contributed by atoms with Crippen LogP contribution in [0.3, 0.4) is 0 Å². The van der Waals surface area contributed by atoms with E-state index in [1.54, 1.807) is 0 Å². The summed E-state index contributed by atoms with van der Waals surface area (Å²) in [5.74, 6) is -1.43. The second kappa shape index (κ2) is 9.94. The first-order valence-corrected chi connectivity index (χ1v) is 9.22. The van der Waals surface area contributed by atoms with Gasteiger partial charge in [0, 0.05) is 38.3 Å². The average molecular weight is 403 g/mol. The Bertz CT molecular complexity index is 849. The molecular formula is C20H22FN3O5. The van der Waals surface area contributed by atoms with E-state index in [9.17, 15) is 19.3 Å². The van der Waals surface area contributed by atoms with E-state index in [0.717, 1.165) is 31.3 Å². The summed E-state index contributed by atoms with van der Waals surface area (Å²) in [6.07, 6.45) is -0.167. The van der Waals surface area contributed by atoms with Crippen LogP contribution in [0.5, 0.6) is 5.75 Å². The number of hydrogen-bond acceptors (Lipinski definition) is 6. The summed E-state index contributed by atoms with van der Waals surface area (Å²) < 4.78 is 24.1. The number of halogens is 1. The molecular weight excluding hydrogens is 381 g/mol. The zero-order valence-corrected chi connectivity index (χ0v) is 15.8. The number of nitro benzene ring substituents is 1. The number of carbonyl (C=O) groups is 1. The lowest BCUT2D eigenvalue weighted by atomic mass is 10.2. The molecule has 1 saturated heterocycles. The lowest BCUT2D eigenvalue weighted by Gasteiger charge is -2.33. The van der Waals surface area contributed by atoms with Gasteiger partial charge in [-0.25, -0.2) is 4.39 Å². The Kier molecular flexibility index (Phi) is 7.09. The van der Waals surface area contributed by atoms with Gasteiger partial charge in [0.1, 0.15) is 5.82 Å². The highest BCUT2D eigenvalue weighted by molar-refractivity contribution is 5.77. The third-order valence-electron chi connectivity index (χ3n) is 4.48. The van der Waals surface area contributed by atoms with Crippen LogP contribution in [0, 0.1) is 15.9 Å². The summed E-state index contributed by atoms with van der Waals surface area (Å²) in [4.78, 5) is 24.5. The van der Waals surface area contributed by atoms with Crippen molar-refractivity contribution in [3.63, 3.8) is 0 Å². The molecule has 0 saturated carbocycles. The van der Waals surface area contributed by atoms with Crippen LogP contribution >= 0.6 is 0 Å². The standard InChI is InChI=1S/C20H22FN3O5/c21-16-6-7-18(24(26)27)19(10-16)29-14-20(25)22-11-17-13-23(8-9-28-17)12-15-4-2-1-3-5-15/h1-7,10,17H,8-9,11-14H2,(H,22,25). The molecule has 1 amide bonds. The second-order valence-electron chi connectivity index (χ2n) is 6.68. The molecule has 9 heteroatoms. The maximum absolute atomic E-state index is 13.3. The van der Waals surface area contributed by atoms with Crippen LogP contribution in [0.4, 0.5) is 10.1 Å². The predicted molar refractivity (Wildman–Crippen MR) is 103 cm³/mol. The van der Waals surface area contributed by atoms with Crippen LogP contribution in [-0.2, 0) is 16.1 Å². The van der Waals surface area contributed by atoms with Crippen molar-refractivity contribution in [2.45, 2.75) is 12.6 Å². The normalized spacial score (nSPS) is 16.9. The Morgan fingerprint density at radius 2 is 2.10 bits per heavy atom. The molecule has 0 aromatic heterocycles. The lowest BCUT2D eigenvalue weighted by molar-refractivity contribution is -0.385. The fraction of sp³-hybridized carbons (Fsp3) is 0.350. The highest BCUT2D eigenvalue weighted by Gasteiger charge is 2.22. The van der Waals surface area contributed by atoms with Gasteiger partial charge in [-0.2, -0.15) is 0 Å². The molecule has 2 aromatic carbocycles. The van der Waals surface area contributed by atoms with Crippen LogP contribution in [0.15, 0.2) is 48.5 Å². The van der Waals surface area contributed by atoms with Crippen LogP contribution in [0.25, 0.3) is 0 Å². The SMILES string of the molecule is O=C(COc1cc(F)ccc1[N+](=O)[O-])NCC1CN(Cc2ccccc2)CCO1. The molecule has 1 atom stereocenters. The molecule has 1 aliphatic rings. The fourth-order valence-electron chi connectivity index (χ4n) is 3.07. The minimum atomic E-state index is -0.691. The summed E-state index contributed by atoms with van der Waals surface area (Å²) in [6, 6.07) is 12.9. The van der Waals surface area contributed by atoms with Gasteiger partial charge < -0.3 is 14.8 Å². The summed E-state index contributed by atoms with van der Waals surface area (Å²) >= 11 is 0. The van der Waals surface area contributed by atoms with Crippen molar-refractivity contribution in [3.05, 3.63) is 70.0 Å². The van der Waals surface area contributed by atoms with Gasteiger partial charge >= 0.3 is 5.69 Å². The first-order valence-electron chi connectivity index (χ1n) is 9.22. The van der Waals surface area contributed by atoms with Crippen molar-refractivity contribution >= 4 is 11.6 Å². The minimum Gasteiger partial charge on any atom is -0.477 e. The van der Waals surface area contributed by atoms with Crippen molar-refractivity contribution in [1.82, 2.24) is 10.2 Å². The zero-order chi connectivity index (χ0) is 20.6. The molecule has 0 radical (unpaired) electrons. The highest BCUT2D eigenvalue weighted by atomic mass is 19.1. The van der Waals surface area contributed by atoms with Crippen molar-refractivity contribution in [1.29, 1.82) is 0 Å². The molecule has 1 fully saturated rings. The molecule has 0 bridgehead atoms. The number of benzene rings is 2. The molecule has 1 heterocycles. The Labute approximate surface area is 167 Å².